The largest absolute Gasteiger partial charge is 0.493 e. The van der Waals surface area contributed by atoms with Crippen molar-refractivity contribution in [2.75, 3.05) is 52.5 Å². The standard InChI is InChI=1S/C19H24N4O5/c1-25-14-10-13(11-15(26-2)18(14)27-3)19(24)21-12-16-20-5-4-17(22-16)23-6-8-28-9-7-23/h4-5,10-11H,6-9,12H2,1-3H3,(H,21,24). The summed E-state index contributed by atoms with van der Waals surface area (Å²) in [5, 5.41) is 2.83. The number of hydrogen-bond acceptors (Lipinski definition) is 8. The fourth-order valence-corrected chi connectivity index (χ4v) is 2.92. The van der Waals surface area contributed by atoms with E-state index < -0.39 is 0 Å². The highest BCUT2D eigenvalue weighted by Gasteiger charge is 2.17. The van der Waals surface area contributed by atoms with E-state index in [0.29, 0.717) is 41.9 Å². The summed E-state index contributed by atoms with van der Waals surface area (Å²) in [4.78, 5) is 23.5. The highest BCUT2D eigenvalue weighted by atomic mass is 16.5. The number of ether oxygens (including phenoxy) is 4. The molecular formula is C19H24N4O5. The molecule has 9 nitrogen and oxygen atoms in total. The first-order chi connectivity index (χ1) is 13.7. The molecule has 0 radical (unpaired) electrons. The minimum atomic E-state index is -0.292. The van der Waals surface area contributed by atoms with Crippen LogP contribution in [0.25, 0.3) is 0 Å². The van der Waals surface area contributed by atoms with Crippen molar-refractivity contribution < 1.29 is 23.7 Å². The SMILES string of the molecule is COc1cc(C(=O)NCc2nccc(N3CCOCC3)n2)cc(OC)c1OC. The molecule has 9 heteroatoms. The quantitative estimate of drug-likeness (QED) is 0.758. The molecule has 0 bridgehead atoms. The Bertz CT molecular complexity index is 799. The number of amides is 1. The van der Waals surface area contributed by atoms with E-state index in [4.69, 9.17) is 18.9 Å². The van der Waals surface area contributed by atoms with Crippen LogP contribution in [0.15, 0.2) is 24.4 Å². The molecule has 1 saturated heterocycles. The van der Waals surface area contributed by atoms with Crippen LogP contribution in [-0.2, 0) is 11.3 Å². The average molecular weight is 388 g/mol. The van der Waals surface area contributed by atoms with Crippen molar-refractivity contribution >= 4 is 11.7 Å². The summed E-state index contributed by atoms with van der Waals surface area (Å²) < 4.78 is 21.2. The van der Waals surface area contributed by atoms with Gasteiger partial charge in [-0.25, -0.2) is 9.97 Å². The second-order valence-corrected chi connectivity index (χ2v) is 6.03. The number of carbonyl (C=O) groups is 1. The van der Waals surface area contributed by atoms with Crippen molar-refractivity contribution in [1.29, 1.82) is 0 Å². The number of rotatable bonds is 7. The third-order valence-corrected chi connectivity index (χ3v) is 4.36. The Kier molecular flexibility index (Phi) is 6.49. The molecule has 1 fully saturated rings. The number of hydrogen-bond donors (Lipinski definition) is 1. The van der Waals surface area contributed by atoms with E-state index in [1.54, 1.807) is 18.3 Å². The van der Waals surface area contributed by atoms with E-state index in [2.05, 4.69) is 20.2 Å². The van der Waals surface area contributed by atoms with Gasteiger partial charge in [-0.2, -0.15) is 0 Å². The van der Waals surface area contributed by atoms with Crippen molar-refractivity contribution in [3.8, 4) is 17.2 Å². The summed E-state index contributed by atoms with van der Waals surface area (Å²) in [6.45, 7) is 3.13. The molecule has 1 aliphatic heterocycles. The molecule has 1 aromatic carbocycles. The van der Waals surface area contributed by atoms with Crippen LogP contribution < -0.4 is 24.4 Å². The summed E-state index contributed by atoms with van der Waals surface area (Å²) in [6.07, 6.45) is 1.69. The van der Waals surface area contributed by atoms with E-state index in [-0.39, 0.29) is 12.5 Å². The molecule has 150 valence electrons. The second kappa shape index (κ2) is 9.23. The zero-order chi connectivity index (χ0) is 19.9. The summed E-state index contributed by atoms with van der Waals surface area (Å²) in [5.41, 5.74) is 0.388. The molecule has 1 aliphatic rings. The van der Waals surface area contributed by atoms with Gasteiger partial charge in [0.15, 0.2) is 11.5 Å². The molecule has 1 aromatic heterocycles. The molecule has 2 heterocycles. The maximum Gasteiger partial charge on any atom is 0.251 e. The van der Waals surface area contributed by atoms with Crippen molar-refractivity contribution in [2.24, 2.45) is 0 Å². The first-order valence-corrected chi connectivity index (χ1v) is 8.89. The second-order valence-electron chi connectivity index (χ2n) is 6.03. The number of benzene rings is 1. The summed E-state index contributed by atoms with van der Waals surface area (Å²) in [7, 11) is 4.52. The smallest absolute Gasteiger partial charge is 0.251 e. The Hall–Kier alpha value is -3.07. The minimum absolute atomic E-state index is 0.202. The van der Waals surface area contributed by atoms with E-state index in [1.165, 1.54) is 21.3 Å². The fraction of sp³-hybridized carbons (Fsp3) is 0.421. The van der Waals surface area contributed by atoms with Gasteiger partial charge >= 0.3 is 0 Å². The van der Waals surface area contributed by atoms with E-state index in [9.17, 15) is 4.79 Å². The monoisotopic (exact) mass is 388 g/mol. The lowest BCUT2D eigenvalue weighted by atomic mass is 10.1. The van der Waals surface area contributed by atoms with Gasteiger partial charge in [0.1, 0.15) is 11.6 Å². The Morgan fingerprint density at radius 1 is 1.14 bits per heavy atom. The van der Waals surface area contributed by atoms with Gasteiger partial charge in [-0.05, 0) is 18.2 Å². The van der Waals surface area contributed by atoms with Gasteiger partial charge in [0.2, 0.25) is 5.75 Å². The van der Waals surface area contributed by atoms with Crippen molar-refractivity contribution in [3.63, 3.8) is 0 Å². The molecule has 1 amide bonds. The third-order valence-electron chi connectivity index (χ3n) is 4.36. The van der Waals surface area contributed by atoms with E-state index in [0.717, 1.165) is 18.9 Å². The lowest BCUT2D eigenvalue weighted by Crippen LogP contribution is -2.37. The van der Waals surface area contributed by atoms with E-state index >= 15 is 0 Å². The molecule has 2 aromatic rings. The molecule has 1 N–H and O–H groups in total. The number of methoxy groups -OCH3 is 3. The van der Waals surface area contributed by atoms with Gasteiger partial charge in [0.25, 0.3) is 5.91 Å². The van der Waals surface area contributed by atoms with Crippen LogP contribution in [-0.4, -0.2) is 63.5 Å². The van der Waals surface area contributed by atoms with E-state index in [1.807, 2.05) is 6.07 Å². The van der Waals surface area contributed by atoms with Gasteiger partial charge in [-0.1, -0.05) is 0 Å². The molecule has 28 heavy (non-hydrogen) atoms. The number of nitrogens with zero attached hydrogens (tertiary/aromatic N) is 3. The molecule has 0 saturated carbocycles. The van der Waals surface area contributed by atoms with Gasteiger partial charge in [0, 0.05) is 24.8 Å². The van der Waals surface area contributed by atoms with Crippen LogP contribution in [0, 0.1) is 0 Å². The molecule has 3 rings (SSSR count). The molecule has 0 spiro atoms. The van der Waals surface area contributed by atoms with Crippen LogP contribution in [0.4, 0.5) is 5.82 Å². The first kappa shape index (κ1) is 19.7. The topological polar surface area (TPSA) is 95.0 Å². The Morgan fingerprint density at radius 3 is 2.43 bits per heavy atom. The first-order valence-electron chi connectivity index (χ1n) is 8.89. The lowest BCUT2D eigenvalue weighted by Gasteiger charge is -2.27. The highest BCUT2D eigenvalue weighted by molar-refractivity contribution is 5.95. The number of morpholine rings is 1. The van der Waals surface area contributed by atoms with Crippen LogP contribution in [0.1, 0.15) is 16.2 Å². The summed E-state index contributed by atoms with van der Waals surface area (Å²) >= 11 is 0. The number of aromatic nitrogens is 2. The van der Waals surface area contributed by atoms with Crippen LogP contribution in [0.2, 0.25) is 0 Å². The predicted octanol–water partition coefficient (Wildman–Crippen LogP) is 1.27. The molecular weight excluding hydrogens is 364 g/mol. The summed E-state index contributed by atoms with van der Waals surface area (Å²) in [6, 6.07) is 5.05. The van der Waals surface area contributed by atoms with Gasteiger partial charge in [-0.15, -0.1) is 0 Å². The number of carbonyl (C=O) groups excluding carboxylic acids is 1. The maximum atomic E-state index is 12.6. The van der Waals surface area contributed by atoms with Crippen LogP contribution in [0.5, 0.6) is 17.2 Å². The van der Waals surface area contributed by atoms with Crippen LogP contribution >= 0.6 is 0 Å². The fourth-order valence-electron chi connectivity index (χ4n) is 2.92. The summed E-state index contributed by atoms with van der Waals surface area (Å²) in [5.74, 6) is 2.33. The average Bonchev–Trinajstić information content (AvgIpc) is 2.77. The molecule has 0 aliphatic carbocycles. The maximum absolute atomic E-state index is 12.6. The Balaban J connectivity index is 1.70. The lowest BCUT2D eigenvalue weighted by molar-refractivity contribution is 0.0949. The van der Waals surface area contributed by atoms with Crippen LogP contribution in [0.3, 0.4) is 0 Å². The van der Waals surface area contributed by atoms with Gasteiger partial charge in [-0.3, -0.25) is 4.79 Å². The zero-order valence-corrected chi connectivity index (χ0v) is 16.2. The third kappa shape index (κ3) is 4.42. The van der Waals surface area contributed by atoms with Crippen molar-refractivity contribution in [3.05, 3.63) is 35.8 Å². The molecule has 0 unspecified atom stereocenters. The van der Waals surface area contributed by atoms with Gasteiger partial charge < -0.3 is 29.2 Å². The zero-order valence-electron chi connectivity index (χ0n) is 16.2. The number of anilines is 1. The van der Waals surface area contributed by atoms with Crippen molar-refractivity contribution in [1.82, 2.24) is 15.3 Å². The highest BCUT2D eigenvalue weighted by Crippen LogP contribution is 2.38. The Morgan fingerprint density at radius 2 is 1.82 bits per heavy atom. The normalized spacial score (nSPS) is 13.8. The Labute approximate surface area is 163 Å². The minimum Gasteiger partial charge on any atom is -0.493 e. The molecule has 0 atom stereocenters. The predicted molar refractivity (Wildman–Crippen MR) is 102 cm³/mol. The number of nitrogens with one attached hydrogen (secondary N) is 1. The van der Waals surface area contributed by atoms with Gasteiger partial charge in [0.05, 0.1) is 41.1 Å². The van der Waals surface area contributed by atoms with Crippen molar-refractivity contribution in [2.45, 2.75) is 6.54 Å².